The van der Waals surface area contributed by atoms with Gasteiger partial charge < -0.3 is 4.98 Å². The fraction of sp³-hybridized carbons (Fsp3) is 0.333. The molecule has 0 saturated heterocycles. The van der Waals surface area contributed by atoms with Crippen LogP contribution in [0.1, 0.15) is 11.3 Å². The summed E-state index contributed by atoms with van der Waals surface area (Å²) in [6, 6.07) is 8.65. The zero-order valence-electron chi connectivity index (χ0n) is 8.05. The molecule has 0 saturated carbocycles. The number of aromatic amines is 1. The van der Waals surface area contributed by atoms with Gasteiger partial charge in [0.2, 0.25) is 0 Å². The topological polar surface area (TPSA) is 15.8 Å². The molecule has 1 N–H and O–H groups in total. The highest BCUT2D eigenvalue weighted by atomic mass is 32.2. The molecule has 1 aromatic carbocycles. The molecule has 72 valence electrons. The molecule has 2 aromatic rings. The number of H-pyrrole nitrogens is 1. The van der Waals surface area contributed by atoms with E-state index in [1.165, 1.54) is 40.9 Å². The molecular formula is C12H13NS. The van der Waals surface area contributed by atoms with Gasteiger partial charge in [0.1, 0.15) is 0 Å². The Labute approximate surface area is 87.9 Å². The van der Waals surface area contributed by atoms with Gasteiger partial charge in [0.15, 0.2) is 0 Å². The van der Waals surface area contributed by atoms with Crippen LogP contribution >= 0.6 is 11.8 Å². The first kappa shape index (κ1) is 8.42. The van der Waals surface area contributed by atoms with Crippen molar-refractivity contribution in [3.63, 3.8) is 0 Å². The molecule has 1 aliphatic rings. The van der Waals surface area contributed by atoms with E-state index < -0.39 is 0 Å². The van der Waals surface area contributed by atoms with Crippen molar-refractivity contribution >= 4 is 22.7 Å². The molecule has 1 nitrogen and oxygen atoms in total. The van der Waals surface area contributed by atoms with Crippen molar-refractivity contribution < 1.29 is 0 Å². The van der Waals surface area contributed by atoms with Gasteiger partial charge in [0.25, 0.3) is 0 Å². The molecule has 0 bridgehead atoms. The van der Waals surface area contributed by atoms with Crippen LogP contribution in [0.3, 0.4) is 0 Å². The largest absolute Gasteiger partial charge is 0.358 e. The van der Waals surface area contributed by atoms with E-state index in [4.69, 9.17) is 0 Å². The van der Waals surface area contributed by atoms with Gasteiger partial charge in [-0.25, -0.2) is 0 Å². The lowest BCUT2D eigenvalue weighted by Crippen LogP contribution is -1.89. The Morgan fingerprint density at radius 2 is 1.93 bits per heavy atom. The third-order valence-corrected chi connectivity index (χ3v) is 3.88. The second kappa shape index (κ2) is 3.35. The van der Waals surface area contributed by atoms with E-state index in [1.54, 1.807) is 5.56 Å². The number of nitrogens with one attached hydrogen (secondary N) is 1. The van der Waals surface area contributed by atoms with Gasteiger partial charge >= 0.3 is 0 Å². The van der Waals surface area contributed by atoms with Gasteiger partial charge in [-0.15, -0.1) is 0 Å². The summed E-state index contributed by atoms with van der Waals surface area (Å²) >= 11 is 2.07. The summed E-state index contributed by atoms with van der Waals surface area (Å²) in [6.07, 6.45) is 2.43. The Kier molecular flexibility index (Phi) is 2.02. The van der Waals surface area contributed by atoms with Gasteiger partial charge in [-0.05, 0) is 36.0 Å². The summed E-state index contributed by atoms with van der Waals surface area (Å²) < 4.78 is 0. The third-order valence-electron chi connectivity index (χ3n) is 2.89. The van der Waals surface area contributed by atoms with Gasteiger partial charge in [-0.3, -0.25) is 0 Å². The van der Waals surface area contributed by atoms with Crippen LogP contribution in [0.5, 0.6) is 0 Å². The van der Waals surface area contributed by atoms with Crippen LogP contribution in [0.4, 0.5) is 0 Å². The summed E-state index contributed by atoms with van der Waals surface area (Å²) in [5, 5.41) is 1.44. The molecule has 0 atom stereocenters. The number of aryl methyl sites for hydroxylation is 2. The highest BCUT2D eigenvalue weighted by Crippen LogP contribution is 2.27. The van der Waals surface area contributed by atoms with Gasteiger partial charge in [-0.2, -0.15) is 11.8 Å². The lowest BCUT2D eigenvalue weighted by molar-refractivity contribution is 1.05. The Bertz CT molecular complexity index is 458. The smallest absolute Gasteiger partial charge is 0.0458 e. The number of thioether (sulfide) groups is 1. The number of hydrogen-bond donors (Lipinski definition) is 1. The van der Waals surface area contributed by atoms with Gasteiger partial charge in [0.05, 0.1) is 0 Å². The van der Waals surface area contributed by atoms with Gasteiger partial charge in [0, 0.05) is 16.6 Å². The maximum absolute atomic E-state index is 3.54. The highest BCUT2D eigenvalue weighted by Gasteiger charge is 2.13. The van der Waals surface area contributed by atoms with Crippen LogP contribution in [0.15, 0.2) is 24.3 Å². The van der Waals surface area contributed by atoms with Crippen LogP contribution < -0.4 is 0 Å². The second-order valence-corrected chi connectivity index (χ2v) is 4.96. The molecule has 1 aliphatic heterocycles. The van der Waals surface area contributed by atoms with E-state index in [-0.39, 0.29) is 0 Å². The number of aromatic nitrogens is 1. The van der Waals surface area contributed by atoms with Crippen molar-refractivity contribution in [3.8, 4) is 0 Å². The fourth-order valence-corrected chi connectivity index (χ4v) is 3.11. The molecule has 2 heterocycles. The maximum atomic E-state index is 3.54. The lowest BCUT2D eigenvalue weighted by Gasteiger charge is -1.96. The van der Waals surface area contributed by atoms with E-state index in [9.17, 15) is 0 Å². The number of para-hydroxylation sites is 1. The van der Waals surface area contributed by atoms with E-state index in [0.29, 0.717) is 0 Å². The van der Waals surface area contributed by atoms with Crippen molar-refractivity contribution in [3.05, 3.63) is 35.5 Å². The minimum Gasteiger partial charge on any atom is -0.358 e. The van der Waals surface area contributed by atoms with Crippen LogP contribution in [-0.2, 0) is 12.8 Å². The second-order valence-electron chi connectivity index (χ2n) is 3.74. The summed E-state index contributed by atoms with van der Waals surface area (Å²) in [4.78, 5) is 3.54. The Morgan fingerprint density at radius 1 is 1.07 bits per heavy atom. The number of hydrogen-bond acceptors (Lipinski definition) is 1. The van der Waals surface area contributed by atoms with Crippen LogP contribution in [0, 0.1) is 0 Å². The van der Waals surface area contributed by atoms with Crippen LogP contribution in [0.25, 0.3) is 10.9 Å². The zero-order valence-corrected chi connectivity index (χ0v) is 8.86. The quantitative estimate of drug-likeness (QED) is 0.696. The minimum atomic E-state index is 1.20. The Balaban J connectivity index is 2.24. The molecule has 0 aliphatic carbocycles. The molecule has 3 rings (SSSR count). The Morgan fingerprint density at radius 3 is 2.93 bits per heavy atom. The van der Waals surface area contributed by atoms with Crippen molar-refractivity contribution in [2.45, 2.75) is 12.8 Å². The maximum Gasteiger partial charge on any atom is 0.0458 e. The van der Waals surface area contributed by atoms with Crippen LogP contribution in [0.2, 0.25) is 0 Å². The summed E-state index contributed by atoms with van der Waals surface area (Å²) in [6.45, 7) is 0. The number of benzene rings is 1. The van der Waals surface area contributed by atoms with Crippen molar-refractivity contribution in [2.24, 2.45) is 0 Å². The molecule has 1 aromatic heterocycles. The molecule has 0 spiro atoms. The monoisotopic (exact) mass is 203 g/mol. The average molecular weight is 203 g/mol. The summed E-state index contributed by atoms with van der Waals surface area (Å²) in [7, 11) is 0. The molecule has 0 unspecified atom stereocenters. The number of fused-ring (bicyclic) bond motifs is 3. The predicted octanol–water partition coefficient (Wildman–Crippen LogP) is 3.00. The summed E-state index contributed by atoms with van der Waals surface area (Å²) in [5.41, 5.74) is 4.34. The molecule has 0 fully saturated rings. The zero-order chi connectivity index (χ0) is 9.38. The lowest BCUT2D eigenvalue weighted by atomic mass is 10.1. The average Bonchev–Trinajstić information content (AvgIpc) is 2.42. The Hall–Kier alpha value is -0.890. The first-order valence-electron chi connectivity index (χ1n) is 5.11. The van der Waals surface area contributed by atoms with Crippen molar-refractivity contribution in [1.29, 1.82) is 0 Å². The third kappa shape index (κ3) is 1.25. The van der Waals surface area contributed by atoms with E-state index in [1.807, 2.05) is 0 Å². The fourth-order valence-electron chi connectivity index (χ4n) is 2.21. The van der Waals surface area contributed by atoms with E-state index >= 15 is 0 Å². The first-order valence-corrected chi connectivity index (χ1v) is 6.27. The van der Waals surface area contributed by atoms with Crippen molar-refractivity contribution in [2.75, 3.05) is 11.5 Å². The van der Waals surface area contributed by atoms with Crippen molar-refractivity contribution in [1.82, 2.24) is 4.98 Å². The molecule has 14 heavy (non-hydrogen) atoms. The summed E-state index contributed by atoms with van der Waals surface area (Å²) in [5.74, 6) is 2.54. The molecule has 0 amide bonds. The van der Waals surface area contributed by atoms with E-state index in [2.05, 4.69) is 41.0 Å². The van der Waals surface area contributed by atoms with Gasteiger partial charge in [-0.1, -0.05) is 18.2 Å². The SMILES string of the molecule is c1ccc2c3c([nH]c2c1)CCSCC3. The standard InChI is InChI=1S/C12H13NS/c1-2-4-11-9(3-1)10-5-7-14-8-6-12(10)13-11/h1-4,13H,5-8H2. The molecule has 0 radical (unpaired) electrons. The van der Waals surface area contributed by atoms with E-state index in [0.717, 1.165) is 0 Å². The van der Waals surface area contributed by atoms with Crippen LogP contribution in [-0.4, -0.2) is 16.5 Å². The predicted molar refractivity (Wildman–Crippen MR) is 63.0 cm³/mol. The first-order chi connectivity index (χ1) is 6.95. The number of rotatable bonds is 0. The molecular weight excluding hydrogens is 190 g/mol. The highest BCUT2D eigenvalue weighted by molar-refractivity contribution is 7.99. The minimum absolute atomic E-state index is 1.20. The normalized spacial score (nSPS) is 16.6. The molecule has 2 heteroatoms.